The molecule has 5 nitrogen and oxygen atoms in total. The molecule has 0 spiro atoms. The Morgan fingerprint density at radius 2 is 1.73 bits per heavy atom. The number of hydrogen-bond acceptors (Lipinski definition) is 3. The zero-order valence-corrected chi connectivity index (χ0v) is 17.2. The summed E-state index contributed by atoms with van der Waals surface area (Å²) in [5.41, 5.74) is 1.55. The van der Waals surface area contributed by atoms with Crippen LogP contribution < -0.4 is 15.4 Å². The van der Waals surface area contributed by atoms with Crippen molar-refractivity contribution in [3.8, 4) is 5.75 Å². The third kappa shape index (κ3) is 4.64. The molecular weight excluding hydrogens is 421 g/mol. The average Bonchev–Trinajstić information content (AvgIpc) is 2.76. The van der Waals surface area contributed by atoms with E-state index in [9.17, 15) is 4.79 Å². The topological polar surface area (TPSA) is 63.2 Å². The molecule has 0 unspecified atom stereocenters. The number of rotatable bonds is 5. The van der Waals surface area contributed by atoms with Crippen LogP contribution in [0.2, 0.25) is 10.0 Å². The predicted octanol–water partition coefficient (Wildman–Crippen LogP) is 6.76. The monoisotopic (exact) mass is 437 g/mol. The van der Waals surface area contributed by atoms with E-state index in [-0.39, 0.29) is 6.61 Å². The van der Waals surface area contributed by atoms with Gasteiger partial charge in [-0.1, -0.05) is 65.7 Å². The molecular formula is C23H17Cl2N3O2. The van der Waals surface area contributed by atoms with Gasteiger partial charge in [-0.2, -0.15) is 0 Å². The number of nitrogens with zero attached hydrogens (tertiary/aromatic N) is 1. The molecule has 1 aromatic heterocycles. The van der Waals surface area contributed by atoms with Crippen molar-refractivity contribution in [3.05, 3.63) is 94.6 Å². The highest BCUT2D eigenvalue weighted by molar-refractivity contribution is 6.42. The molecule has 4 aromatic rings. The van der Waals surface area contributed by atoms with Gasteiger partial charge in [-0.15, -0.1) is 0 Å². The van der Waals surface area contributed by atoms with Gasteiger partial charge in [-0.3, -0.25) is 5.32 Å². The third-order valence-corrected chi connectivity index (χ3v) is 5.16. The maximum absolute atomic E-state index is 12.6. The summed E-state index contributed by atoms with van der Waals surface area (Å²) in [6.45, 7) is 0.252. The first-order valence-corrected chi connectivity index (χ1v) is 9.93. The van der Waals surface area contributed by atoms with Gasteiger partial charge < -0.3 is 10.1 Å². The number of urea groups is 1. The molecule has 7 heteroatoms. The number of nitrogens with one attached hydrogen (secondary N) is 2. The van der Waals surface area contributed by atoms with Crippen molar-refractivity contribution in [2.24, 2.45) is 0 Å². The summed E-state index contributed by atoms with van der Waals surface area (Å²) in [6.07, 6.45) is 1.58. The second kappa shape index (κ2) is 9.03. The second-order valence-electron chi connectivity index (χ2n) is 6.49. The molecule has 0 atom stereocenters. The molecule has 0 aliphatic carbocycles. The van der Waals surface area contributed by atoms with Crippen LogP contribution in [0.4, 0.5) is 16.3 Å². The lowest BCUT2D eigenvalue weighted by Crippen LogP contribution is -2.20. The van der Waals surface area contributed by atoms with Crippen LogP contribution >= 0.6 is 23.2 Å². The fraction of sp³-hybridized carbons (Fsp3) is 0.0435. The number of amides is 2. The number of carbonyl (C=O) groups excluding carboxylic acids is 1. The van der Waals surface area contributed by atoms with E-state index in [0.29, 0.717) is 27.3 Å². The molecule has 0 radical (unpaired) electrons. The standard InChI is InChI=1S/C23H17Cl2N3O2/c24-18-11-10-15(13-19(18)25)14-30-21-9-4-12-26-22(21)28-23(29)27-20-8-3-6-16-5-1-2-7-17(16)20/h1-13H,14H2,(H2,26,27,28,29). The Bertz CT molecular complexity index is 1210. The fourth-order valence-corrected chi connectivity index (χ4v) is 3.31. The summed E-state index contributed by atoms with van der Waals surface area (Å²) in [4.78, 5) is 16.8. The van der Waals surface area contributed by atoms with E-state index >= 15 is 0 Å². The molecule has 2 amide bonds. The number of fused-ring (bicyclic) bond motifs is 1. The Morgan fingerprint density at radius 3 is 2.60 bits per heavy atom. The van der Waals surface area contributed by atoms with Crippen LogP contribution in [-0.2, 0) is 6.61 Å². The van der Waals surface area contributed by atoms with Crippen molar-refractivity contribution in [3.63, 3.8) is 0 Å². The number of anilines is 2. The van der Waals surface area contributed by atoms with E-state index in [1.165, 1.54) is 0 Å². The van der Waals surface area contributed by atoms with E-state index in [2.05, 4.69) is 15.6 Å². The molecule has 1 heterocycles. The van der Waals surface area contributed by atoms with Gasteiger partial charge in [0, 0.05) is 11.6 Å². The van der Waals surface area contributed by atoms with Gasteiger partial charge in [-0.25, -0.2) is 9.78 Å². The van der Waals surface area contributed by atoms with Crippen molar-refractivity contribution in [1.29, 1.82) is 0 Å². The highest BCUT2D eigenvalue weighted by atomic mass is 35.5. The van der Waals surface area contributed by atoms with Crippen LogP contribution in [0.1, 0.15) is 5.56 Å². The van der Waals surface area contributed by atoms with Gasteiger partial charge in [0.25, 0.3) is 0 Å². The Kier molecular flexibility index (Phi) is 6.02. The van der Waals surface area contributed by atoms with Crippen LogP contribution in [-0.4, -0.2) is 11.0 Å². The van der Waals surface area contributed by atoms with Gasteiger partial charge in [0.2, 0.25) is 0 Å². The Labute approximate surface area is 183 Å². The highest BCUT2D eigenvalue weighted by Crippen LogP contribution is 2.27. The Hall–Kier alpha value is -3.28. The second-order valence-corrected chi connectivity index (χ2v) is 7.31. The number of ether oxygens (including phenoxy) is 1. The molecule has 0 bridgehead atoms. The molecule has 0 aliphatic heterocycles. The summed E-state index contributed by atoms with van der Waals surface area (Å²) in [7, 11) is 0. The maximum Gasteiger partial charge on any atom is 0.324 e. The van der Waals surface area contributed by atoms with E-state index in [4.69, 9.17) is 27.9 Å². The van der Waals surface area contributed by atoms with Gasteiger partial charge in [0.1, 0.15) is 6.61 Å². The number of benzene rings is 3. The van der Waals surface area contributed by atoms with E-state index in [1.807, 2.05) is 48.5 Å². The van der Waals surface area contributed by atoms with Crippen molar-refractivity contribution < 1.29 is 9.53 Å². The zero-order valence-electron chi connectivity index (χ0n) is 15.7. The third-order valence-electron chi connectivity index (χ3n) is 4.42. The number of carbonyl (C=O) groups is 1. The summed E-state index contributed by atoms with van der Waals surface area (Å²) in [5.74, 6) is 0.756. The average molecular weight is 438 g/mol. The van der Waals surface area contributed by atoms with Gasteiger partial charge in [0.05, 0.1) is 15.7 Å². The van der Waals surface area contributed by atoms with E-state index in [0.717, 1.165) is 16.3 Å². The number of aromatic nitrogens is 1. The van der Waals surface area contributed by atoms with Gasteiger partial charge >= 0.3 is 6.03 Å². The number of hydrogen-bond donors (Lipinski definition) is 2. The first-order valence-electron chi connectivity index (χ1n) is 9.17. The van der Waals surface area contributed by atoms with Crippen molar-refractivity contribution >= 4 is 51.5 Å². The minimum atomic E-state index is -0.413. The quantitative estimate of drug-likeness (QED) is 0.362. The van der Waals surface area contributed by atoms with Crippen LogP contribution in [0.5, 0.6) is 5.75 Å². The lowest BCUT2D eigenvalue weighted by atomic mass is 10.1. The van der Waals surface area contributed by atoms with Gasteiger partial charge in [-0.05, 0) is 41.3 Å². The summed E-state index contributed by atoms with van der Waals surface area (Å²) < 4.78 is 5.83. The smallest absolute Gasteiger partial charge is 0.324 e. The molecule has 3 aromatic carbocycles. The van der Waals surface area contributed by atoms with Crippen molar-refractivity contribution in [2.75, 3.05) is 10.6 Å². The lowest BCUT2D eigenvalue weighted by molar-refractivity contribution is 0.261. The minimum Gasteiger partial charge on any atom is -0.485 e. The summed E-state index contributed by atoms with van der Waals surface area (Å²) >= 11 is 12.0. The van der Waals surface area contributed by atoms with Crippen LogP contribution in [0.3, 0.4) is 0 Å². The van der Waals surface area contributed by atoms with E-state index < -0.39 is 6.03 Å². The first kappa shape index (κ1) is 20.0. The summed E-state index contributed by atoms with van der Waals surface area (Å²) in [6, 6.07) is 21.9. The zero-order chi connectivity index (χ0) is 20.9. The number of halogens is 2. The first-order chi connectivity index (χ1) is 14.6. The van der Waals surface area contributed by atoms with E-state index in [1.54, 1.807) is 30.5 Å². The van der Waals surface area contributed by atoms with Gasteiger partial charge in [0.15, 0.2) is 11.6 Å². The molecule has 150 valence electrons. The highest BCUT2D eigenvalue weighted by Gasteiger charge is 2.11. The molecule has 0 aliphatic rings. The fourth-order valence-electron chi connectivity index (χ4n) is 2.99. The predicted molar refractivity (Wildman–Crippen MR) is 122 cm³/mol. The molecule has 0 saturated carbocycles. The lowest BCUT2D eigenvalue weighted by Gasteiger charge is -2.13. The molecule has 0 saturated heterocycles. The Balaban J connectivity index is 1.46. The molecule has 2 N–H and O–H groups in total. The molecule has 4 rings (SSSR count). The molecule has 30 heavy (non-hydrogen) atoms. The maximum atomic E-state index is 12.6. The van der Waals surface area contributed by atoms with Crippen LogP contribution in [0, 0.1) is 0 Å². The van der Waals surface area contributed by atoms with Crippen molar-refractivity contribution in [2.45, 2.75) is 6.61 Å². The Morgan fingerprint density at radius 1 is 0.900 bits per heavy atom. The van der Waals surface area contributed by atoms with Crippen LogP contribution in [0.25, 0.3) is 10.8 Å². The van der Waals surface area contributed by atoms with Crippen molar-refractivity contribution in [1.82, 2.24) is 4.98 Å². The van der Waals surface area contributed by atoms with Crippen LogP contribution in [0.15, 0.2) is 79.0 Å². The minimum absolute atomic E-state index is 0.252. The largest absolute Gasteiger partial charge is 0.485 e. The number of pyridine rings is 1. The normalized spacial score (nSPS) is 10.6. The SMILES string of the molecule is O=C(Nc1ncccc1OCc1ccc(Cl)c(Cl)c1)Nc1cccc2ccccc12. The molecule has 0 fully saturated rings. The summed E-state index contributed by atoms with van der Waals surface area (Å²) in [5, 5.41) is 8.55.